The molecule has 19 heteroatoms. The molecule has 0 saturated carbocycles. The summed E-state index contributed by atoms with van der Waals surface area (Å²) in [5, 5.41) is 10.6. The van der Waals surface area contributed by atoms with Crippen molar-refractivity contribution in [1.29, 1.82) is 0 Å². The smallest absolute Gasteiger partial charge is 0.462 e. The second kappa shape index (κ2) is 75.8. The van der Waals surface area contributed by atoms with Crippen LogP contribution in [0.15, 0.2) is 24.3 Å². The summed E-state index contributed by atoms with van der Waals surface area (Å²) in [6, 6.07) is 0. The Bertz CT molecular complexity index is 2010. The van der Waals surface area contributed by atoms with Crippen LogP contribution in [0.25, 0.3) is 0 Å². The molecule has 0 saturated heterocycles. The molecule has 0 aliphatic carbocycles. The van der Waals surface area contributed by atoms with Crippen LogP contribution in [-0.2, 0) is 65.4 Å². The van der Waals surface area contributed by atoms with Crippen LogP contribution in [0.1, 0.15) is 419 Å². The van der Waals surface area contributed by atoms with Gasteiger partial charge in [0.15, 0.2) is 12.2 Å². The zero-order chi connectivity index (χ0) is 73.9. The van der Waals surface area contributed by atoms with Gasteiger partial charge in [-0.25, -0.2) is 9.13 Å². The lowest BCUT2D eigenvalue weighted by Crippen LogP contribution is -2.30. The number of esters is 4. The number of hydrogen-bond acceptors (Lipinski definition) is 15. The van der Waals surface area contributed by atoms with E-state index in [9.17, 15) is 43.2 Å². The minimum atomic E-state index is -4.97. The predicted molar refractivity (Wildman–Crippen MR) is 414 cm³/mol. The molecule has 0 aromatic rings. The molecule has 0 fully saturated rings. The van der Waals surface area contributed by atoms with Gasteiger partial charge in [-0.15, -0.1) is 0 Å². The maximum absolute atomic E-state index is 13.1. The molecule has 0 aromatic heterocycles. The van der Waals surface area contributed by atoms with E-state index in [-0.39, 0.29) is 25.7 Å². The van der Waals surface area contributed by atoms with E-state index in [1.54, 1.807) is 0 Å². The highest BCUT2D eigenvalue weighted by molar-refractivity contribution is 7.47. The fourth-order valence-electron chi connectivity index (χ4n) is 12.3. The minimum absolute atomic E-state index is 0.102. The van der Waals surface area contributed by atoms with Crippen LogP contribution in [0.4, 0.5) is 0 Å². The van der Waals surface area contributed by atoms with Crippen molar-refractivity contribution in [3.05, 3.63) is 24.3 Å². The Morgan fingerprint density at radius 1 is 0.277 bits per heavy atom. The summed E-state index contributed by atoms with van der Waals surface area (Å²) in [6.45, 7) is 4.97. The van der Waals surface area contributed by atoms with Crippen molar-refractivity contribution in [2.24, 2.45) is 0 Å². The molecule has 0 amide bonds. The van der Waals surface area contributed by atoms with Crippen molar-refractivity contribution in [3.8, 4) is 0 Å². The summed E-state index contributed by atoms with van der Waals surface area (Å²) in [4.78, 5) is 73.1. The summed E-state index contributed by atoms with van der Waals surface area (Å²) in [7, 11) is -9.93. The summed E-state index contributed by atoms with van der Waals surface area (Å²) in [5.41, 5.74) is 0. The molecular formula is C82H156O17P2. The number of aliphatic hydroxyl groups excluding tert-OH is 1. The second-order valence-electron chi connectivity index (χ2n) is 28.8. The first-order valence-electron chi connectivity index (χ1n) is 42.1. The second-order valence-corrected chi connectivity index (χ2v) is 31.7. The molecule has 0 aliphatic rings. The number of unbranched alkanes of at least 4 members (excludes halogenated alkanes) is 52. The molecule has 0 spiro atoms. The van der Waals surface area contributed by atoms with Crippen LogP contribution < -0.4 is 0 Å². The summed E-state index contributed by atoms with van der Waals surface area (Å²) >= 11 is 0. The highest BCUT2D eigenvalue weighted by Crippen LogP contribution is 2.45. The van der Waals surface area contributed by atoms with Crippen molar-refractivity contribution >= 4 is 39.5 Å². The molecule has 0 aliphatic heterocycles. The number of carbonyl (C=O) groups excluding carboxylic acids is 4. The van der Waals surface area contributed by atoms with Gasteiger partial charge in [0.05, 0.1) is 26.4 Å². The van der Waals surface area contributed by atoms with Gasteiger partial charge in [-0.1, -0.05) is 367 Å². The number of ether oxygens (including phenoxy) is 4. The van der Waals surface area contributed by atoms with Gasteiger partial charge in [0.25, 0.3) is 0 Å². The monoisotopic (exact) mass is 1480 g/mol. The molecule has 0 aromatic carbocycles. The van der Waals surface area contributed by atoms with E-state index in [0.717, 1.165) is 109 Å². The van der Waals surface area contributed by atoms with Crippen molar-refractivity contribution < 1.29 is 80.2 Å². The standard InChI is InChI=1S/C82H156O17P2/c1-5-9-13-17-21-25-29-33-35-36-37-38-39-41-45-49-53-57-61-65-69-82(87)99-78(73-93-80(85)67-63-59-55-51-47-44-40-34-30-26-22-18-14-10-6-2)75-97-101(90,91)95-71-76(83)70-94-100(88,89)96-74-77(98-81(86)68-64-60-56-52-48-43-32-28-24-20-16-12-8-4)72-92-79(84)66-62-58-54-50-46-42-31-27-23-19-15-11-7-3/h26,30,34,40,76-78,83H,5-25,27-29,31-33,35-39,41-75H2,1-4H3,(H,88,89)(H,90,91)/b30-26-,40-34-/t76-,77+,78+/m0/s1. The fraction of sp³-hybridized carbons (Fsp3) is 0.902. The zero-order valence-corrected chi connectivity index (χ0v) is 67.2. The largest absolute Gasteiger partial charge is 0.472 e. The van der Waals surface area contributed by atoms with Crippen molar-refractivity contribution in [1.82, 2.24) is 0 Å². The number of hydrogen-bond donors (Lipinski definition) is 3. The van der Waals surface area contributed by atoms with Gasteiger partial charge in [0, 0.05) is 25.7 Å². The maximum Gasteiger partial charge on any atom is 0.472 e. The van der Waals surface area contributed by atoms with Crippen molar-refractivity contribution in [3.63, 3.8) is 0 Å². The maximum atomic E-state index is 13.1. The van der Waals surface area contributed by atoms with Gasteiger partial charge in [0.2, 0.25) is 0 Å². The Labute approximate surface area is 618 Å². The predicted octanol–water partition coefficient (Wildman–Crippen LogP) is 24.5. The molecule has 596 valence electrons. The molecule has 2 unspecified atom stereocenters. The van der Waals surface area contributed by atoms with Crippen LogP contribution in [0.3, 0.4) is 0 Å². The number of allylic oxidation sites excluding steroid dienone is 4. The third kappa shape index (κ3) is 75.6. The molecule has 0 bridgehead atoms. The molecule has 17 nitrogen and oxygen atoms in total. The summed E-state index contributed by atoms with van der Waals surface area (Å²) in [6.07, 6.45) is 71.5. The first kappa shape index (κ1) is 98.5. The average Bonchev–Trinajstić information content (AvgIpc) is 1.45. The molecule has 0 radical (unpaired) electrons. The zero-order valence-electron chi connectivity index (χ0n) is 65.4. The third-order valence-corrected chi connectivity index (χ3v) is 20.6. The SMILES string of the molecule is CCCCCC/C=C\C=C/CCCCCCCC(=O)OC[C@H](COP(=O)(O)OC[C@@H](O)COP(=O)(O)OC[C@@H](COC(=O)CCCCCCCCCCCCCCC)OC(=O)CCCCCCCCCCCCCCC)OC(=O)CCCCCCCCCCCCCCCCCCCCCC. The summed E-state index contributed by atoms with van der Waals surface area (Å²) < 4.78 is 68.7. The molecule has 0 rings (SSSR count). The summed E-state index contributed by atoms with van der Waals surface area (Å²) in [5.74, 6) is -2.13. The van der Waals surface area contributed by atoms with Gasteiger partial charge < -0.3 is 33.8 Å². The first-order chi connectivity index (χ1) is 49.2. The minimum Gasteiger partial charge on any atom is -0.462 e. The van der Waals surface area contributed by atoms with Crippen LogP contribution in [0.2, 0.25) is 0 Å². The fourth-order valence-corrected chi connectivity index (χ4v) is 13.9. The van der Waals surface area contributed by atoms with E-state index in [4.69, 9.17) is 37.0 Å². The quantitative estimate of drug-likeness (QED) is 0.0169. The van der Waals surface area contributed by atoms with Gasteiger partial charge in [-0.3, -0.25) is 37.3 Å². The number of rotatable bonds is 81. The van der Waals surface area contributed by atoms with Gasteiger partial charge in [0.1, 0.15) is 19.3 Å². The van der Waals surface area contributed by atoms with Gasteiger partial charge in [-0.05, 0) is 51.4 Å². The molecule has 101 heavy (non-hydrogen) atoms. The number of phosphoric acid groups is 2. The van der Waals surface area contributed by atoms with E-state index < -0.39 is 97.5 Å². The Balaban J connectivity index is 5.27. The molecule has 5 atom stereocenters. The highest BCUT2D eigenvalue weighted by Gasteiger charge is 2.30. The van der Waals surface area contributed by atoms with Gasteiger partial charge in [-0.2, -0.15) is 0 Å². The van der Waals surface area contributed by atoms with Crippen LogP contribution >= 0.6 is 15.6 Å². The van der Waals surface area contributed by atoms with E-state index in [0.29, 0.717) is 25.7 Å². The lowest BCUT2D eigenvalue weighted by atomic mass is 10.0. The van der Waals surface area contributed by atoms with Crippen LogP contribution in [0, 0.1) is 0 Å². The lowest BCUT2D eigenvalue weighted by molar-refractivity contribution is -0.161. The molecule has 3 N–H and O–H groups in total. The molecular weight excluding hydrogens is 1320 g/mol. The van der Waals surface area contributed by atoms with E-state index >= 15 is 0 Å². The third-order valence-electron chi connectivity index (χ3n) is 18.7. The Hall–Kier alpha value is -2.46. The van der Waals surface area contributed by atoms with E-state index in [1.807, 2.05) is 0 Å². The topological polar surface area (TPSA) is 237 Å². The van der Waals surface area contributed by atoms with Gasteiger partial charge >= 0.3 is 39.5 Å². The Kier molecular flexibility index (Phi) is 73.9. The van der Waals surface area contributed by atoms with Crippen molar-refractivity contribution in [2.75, 3.05) is 39.6 Å². The van der Waals surface area contributed by atoms with Crippen LogP contribution in [0.5, 0.6) is 0 Å². The molecule has 0 heterocycles. The first-order valence-corrected chi connectivity index (χ1v) is 45.1. The Morgan fingerprint density at radius 3 is 0.723 bits per heavy atom. The van der Waals surface area contributed by atoms with E-state index in [1.165, 1.54) is 231 Å². The Morgan fingerprint density at radius 2 is 0.475 bits per heavy atom. The van der Waals surface area contributed by atoms with Crippen molar-refractivity contribution in [2.45, 2.75) is 438 Å². The van der Waals surface area contributed by atoms with Crippen LogP contribution in [-0.4, -0.2) is 96.7 Å². The number of aliphatic hydroxyl groups is 1. The normalized spacial score (nSPS) is 13.9. The average molecular weight is 1480 g/mol. The lowest BCUT2D eigenvalue weighted by Gasteiger charge is -2.21. The number of carbonyl (C=O) groups is 4. The highest BCUT2D eigenvalue weighted by atomic mass is 31.2. The number of phosphoric ester groups is 2. The van der Waals surface area contributed by atoms with E-state index in [2.05, 4.69) is 52.0 Å².